The van der Waals surface area contributed by atoms with Gasteiger partial charge in [-0.15, -0.1) is 11.3 Å². The molecule has 6 heteroatoms. The van der Waals surface area contributed by atoms with Gasteiger partial charge >= 0.3 is 0 Å². The van der Waals surface area contributed by atoms with E-state index in [0.29, 0.717) is 23.9 Å². The number of hydrogen-bond donors (Lipinski definition) is 1. The van der Waals surface area contributed by atoms with Crippen LogP contribution in [0.15, 0.2) is 52.5 Å². The van der Waals surface area contributed by atoms with Crippen molar-refractivity contribution in [2.45, 2.75) is 6.42 Å². The van der Waals surface area contributed by atoms with E-state index in [0.717, 1.165) is 17.0 Å². The Labute approximate surface area is 136 Å². The molecule has 0 bridgehead atoms. The van der Waals surface area contributed by atoms with E-state index in [-0.39, 0.29) is 11.8 Å². The van der Waals surface area contributed by atoms with E-state index >= 15 is 0 Å². The SMILES string of the molecule is O=C(Nc1nc(-c2ccco2)cs1)[C@@H]1COc2ccccc2C1. The van der Waals surface area contributed by atoms with Gasteiger partial charge in [-0.2, -0.15) is 0 Å². The Kier molecular flexibility index (Phi) is 3.59. The Balaban J connectivity index is 1.45. The lowest BCUT2D eigenvalue weighted by Gasteiger charge is -2.24. The van der Waals surface area contributed by atoms with Crippen molar-refractivity contribution in [2.75, 3.05) is 11.9 Å². The van der Waals surface area contributed by atoms with Gasteiger partial charge in [-0.1, -0.05) is 18.2 Å². The van der Waals surface area contributed by atoms with Crippen LogP contribution in [0.5, 0.6) is 5.75 Å². The molecule has 3 heterocycles. The lowest BCUT2D eigenvalue weighted by atomic mass is 9.96. The molecular formula is C17H14N2O3S. The molecule has 4 rings (SSSR count). The van der Waals surface area contributed by atoms with Crippen molar-refractivity contribution in [2.24, 2.45) is 5.92 Å². The number of carbonyl (C=O) groups is 1. The second-order valence-corrected chi connectivity index (χ2v) is 6.18. The molecule has 0 saturated heterocycles. The van der Waals surface area contributed by atoms with Crippen molar-refractivity contribution in [1.29, 1.82) is 0 Å². The van der Waals surface area contributed by atoms with E-state index in [1.807, 2.05) is 41.8 Å². The van der Waals surface area contributed by atoms with Crippen LogP contribution in [0.3, 0.4) is 0 Å². The molecule has 1 aromatic carbocycles. The highest BCUT2D eigenvalue weighted by Gasteiger charge is 2.26. The molecule has 116 valence electrons. The predicted molar refractivity (Wildman–Crippen MR) is 87.6 cm³/mol. The molecular weight excluding hydrogens is 312 g/mol. The molecule has 0 radical (unpaired) electrons. The van der Waals surface area contributed by atoms with E-state index in [2.05, 4.69) is 10.3 Å². The Morgan fingerprint density at radius 2 is 2.17 bits per heavy atom. The van der Waals surface area contributed by atoms with Crippen molar-refractivity contribution in [3.8, 4) is 17.2 Å². The third-order valence-electron chi connectivity index (χ3n) is 3.76. The minimum atomic E-state index is -0.208. The highest BCUT2D eigenvalue weighted by Crippen LogP contribution is 2.29. The zero-order chi connectivity index (χ0) is 15.6. The van der Waals surface area contributed by atoms with Crippen molar-refractivity contribution in [3.05, 3.63) is 53.6 Å². The van der Waals surface area contributed by atoms with Gasteiger partial charge in [-0.3, -0.25) is 4.79 Å². The number of anilines is 1. The predicted octanol–water partition coefficient (Wildman–Crippen LogP) is 3.59. The third-order valence-corrected chi connectivity index (χ3v) is 4.52. The minimum absolute atomic E-state index is 0.0696. The summed E-state index contributed by atoms with van der Waals surface area (Å²) in [5.74, 6) is 1.28. The molecule has 1 amide bonds. The fraction of sp³-hybridized carbons (Fsp3) is 0.176. The standard InChI is InChI=1S/C17H14N2O3S/c20-16(12-8-11-4-1-2-5-14(11)22-9-12)19-17-18-13(10-23-17)15-6-3-7-21-15/h1-7,10,12H,8-9H2,(H,18,19,20)/t12-/m0/s1. The maximum Gasteiger partial charge on any atom is 0.233 e. The zero-order valence-corrected chi connectivity index (χ0v) is 13.0. The molecule has 0 spiro atoms. The summed E-state index contributed by atoms with van der Waals surface area (Å²) in [7, 11) is 0. The van der Waals surface area contributed by atoms with Crippen LogP contribution in [-0.2, 0) is 11.2 Å². The number of furan rings is 1. The largest absolute Gasteiger partial charge is 0.492 e. The third kappa shape index (κ3) is 2.85. The highest BCUT2D eigenvalue weighted by molar-refractivity contribution is 7.14. The van der Waals surface area contributed by atoms with Gasteiger partial charge in [0, 0.05) is 5.38 Å². The summed E-state index contributed by atoms with van der Waals surface area (Å²) in [5.41, 5.74) is 1.79. The van der Waals surface area contributed by atoms with Crippen LogP contribution in [0.25, 0.3) is 11.5 Å². The Morgan fingerprint density at radius 3 is 3.04 bits per heavy atom. The second kappa shape index (κ2) is 5.89. The van der Waals surface area contributed by atoms with Gasteiger partial charge in [0.05, 0.1) is 12.2 Å². The number of hydrogen-bond acceptors (Lipinski definition) is 5. The number of amides is 1. The van der Waals surface area contributed by atoms with Crippen LogP contribution >= 0.6 is 11.3 Å². The maximum absolute atomic E-state index is 12.4. The fourth-order valence-electron chi connectivity index (χ4n) is 2.57. The van der Waals surface area contributed by atoms with Crippen LogP contribution in [0, 0.1) is 5.92 Å². The Morgan fingerprint density at radius 1 is 1.26 bits per heavy atom. The summed E-state index contributed by atoms with van der Waals surface area (Å²) in [4.78, 5) is 16.8. The van der Waals surface area contributed by atoms with Crippen LogP contribution in [0.1, 0.15) is 5.56 Å². The molecule has 2 aromatic heterocycles. The molecule has 1 aliphatic rings. The molecule has 0 saturated carbocycles. The monoisotopic (exact) mass is 326 g/mol. The molecule has 5 nitrogen and oxygen atoms in total. The summed E-state index contributed by atoms with van der Waals surface area (Å²) in [6.45, 7) is 0.388. The van der Waals surface area contributed by atoms with E-state index < -0.39 is 0 Å². The van der Waals surface area contributed by atoms with E-state index in [9.17, 15) is 4.79 Å². The first-order chi connectivity index (χ1) is 11.3. The quantitative estimate of drug-likeness (QED) is 0.799. The second-order valence-electron chi connectivity index (χ2n) is 5.32. The van der Waals surface area contributed by atoms with Crippen LogP contribution in [-0.4, -0.2) is 17.5 Å². The van der Waals surface area contributed by atoms with E-state index in [4.69, 9.17) is 9.15 Å². The Hall–Kier alpha value is -2.60. The van der Waals surface area contributed by atoms with Gasteiger partial charge in [0.25, 0.3) is 0 Å². The van der Waals surface area contributed by atoms with Crippen molar-refractivity contribution in [3.63, 3.8) is 0 Å². The molecule has 1 N–H and O–H groups in total. The number of carbonyl (C=O) groups excluding carboxylic acids is 1. The zero-order valence-electron chi connectivity index (χ0n) is 12.2. The van der Waals surface area contributed by atoms with Gasteiger partial charge in [-0.05, 0) is 30.2 Å². The van der Waals surface area contributed by atoms with E-state index in [1.54, 1.807) is 6.26 Å². The Bertz CT molecular complexity index is 826. The van der Waals surface area contributed by atoms with Gasteiger partial charge in [-0.25, -0.2) is 4.98 Å². The molecule has 0 unspecified atom stereocenters. The number of ether oxygens (including phenoxy) is 1. The number of nitrogens with one attached hydrogen (secondary N) is 1. The lowest BCUT2D eigenvalue weighted by Crippen LogP contribution is -2.32. The molecule has 23 heavy (non-hydrogen) atoms. The maximum atomic E-state index is 12.4. The number of rotatable bonds is 3. The number of nitrogens with zero attached hydrogens (tertiary/aromatic N) is 1. The summed E-state index contributed by atoms with van der Waals surface area (Å²) in [6, 6.07) is 11.5. The van der Waals surface area contributed by atoms with Crippen LogP contribution in [0.4, 0.5) is 5.13 Å². The first-order valence-corrected chi connectivity index (χ1v) is 8.18. The molecule has 1 aliphatic heterocycles. The molecule has 0 aliphatic carbocycles. The minimum Gasteiger partial charge on any atom is -0.492 e. The summed E-state index contributed by atoms with van der Waals surface area (Å²) >= 11 is 1.38. The molecule has 1 atom stereocenters. The summed E-state index contributed by atoms with van der Waals surface area (Å²) < 4.78 is 11.0. The topological polar surface area (TPSA) is 64.4 Å². The molecule has 3 aromatic rings. The number of para-hydroxylation sites is 1. The normalized spacial score (nSPS) is 16.4. The number of aromatic nitrogens is 1. The first-order valence-electron chi connectivity index (χ1n) is 7.30. The van der Waals surface area contributed by atoms with Crippen molar-refractivity contribution >= 4 is 22.4 Å². The number of benzene rings is 1. The average Bonchev–Trinajstić information content (AvgIpc) is 3.25. The number of thiazole rings is 1. The van der Waals surface area contributed by atoms with E-state index in [1.165, 1.54) is 11.3 Å². The summed E-state index contributed by atoms with van der Waals surface area (Å²) in [5, 5.41) is 5.30. The van der Waals surface area contributed by atoms with Gasteiger partial charge in [0.15, 0.2) is 10.9 Å². The van der Waals surface area contributed by atoms with Gasteiger partial charge in [0.2, 0.25) is 5.91 Å². The van der Waals surface area contributed by atoms with Crippen molar-refractivity contribution in [1.82, 2.24) is 4.98 Å². The van der Waals surface area contributed by atoms with Gasteiger partial charge in [0.1, 0.15) is 18.1 Å². The first kappa shape index (κ1) is 14.0. The number of fused-ring (bicyclic) bond motifs is 1. The lowest BCUT2D eigenvalue weighted by molar-refractivity contribution is -0.121. The average molecular weight is 326 g/mol. The smallest absolute Gasteiger partial charge is 0.233 e. The highest BCUT2D eigenvalue weighted by atomic mass is 32.1. The van der Waals surface area contributed by atoms with Crippen molar-refractivity contribution < 1.29 is 13.9 Å². The molecule has 0 fully saturated rings. The van der Waals surface area contributed by atoms with Crippen LogP contribution in [0.2, 0.25) is 0 Å². The van der Waals surface area contributed by atoms with Crippen LogP contribution < -0.4 is 10.1 Å². The fourth-order valence-corrected chi connectivity index (χ4v) is 3.28. The summed E-state index contributed by atoms with van der Waals surface area (Å²) in [6.07, 6.45) is 2.28. The van der Waals surface area contributed by atoms with Gasteiger partial charge < -0.3 is 14.5 Å².